The summed E-state index contributed by atoms with van der Waals surface area (Å²) < 4.78 is 24.8. The van der Waals surface area contributed by atoms with Gasteiger partial charge in [0.15, 0.2) is 5.13 Å². The van der Waals surface area contributed by atoms with Gasteiger partial charge in [-0.15, -0.1) is 11.3 Å². The predicted octanol–water partition coefficient (Wildman–Crippen LogP) is 2.06. The fourth-order valence-corrected chi connectivity index (χ4v) is 8.74. The molecule has 0 spiro atoms. The van der Waals surface area contributed by atoms with Gasteiger partial charge >= 0.3 is 0 Å². The maximum Gasteiger partial charge on any atom is 0.262 e. The van der Waals surface area contributed by atoms with E-state index in [0.717, 1.165) is 26.4 Å². The Labute approximate surface area is 355 Å². The molecule has 4 N–H and O–H groups in total. The SMILES string of the molecule is CS(=O)(=O)n1ccc(C(=O)N[C@@H](CCCCNC(=O)CCN2CCN(c3ccc4c(c3)C(=O)N(C3CCC(=O)NC3=O)C4=O)CC2)C(=O)Nc2nc(-c3ccccc3)cs2)c1. The van der Waals surface area contributed by atoms with Crippen LogP contribution in [0.3, 0.4) is 0 Å². The summed E-state index contributed by atoms with van der Waals surface area (Å²) in [5.74, 6) is -3.41. The van der Waals surface area contributed by atoms with Crippen LogP contribution in [-0.4, -0.2) is 126 Å². The normalized spacial score (nSPS) is 17.5. The highest BCUT2D eigenvalue weighted by Crippen LogP contribution is 2.31. The lowest BCUT2D eigenvalue weighted by molar-refractivity contribution is -0.136. The van der Waals surface area contributed by atoms with E-state index in [1.807, 2.05) is 35.7 Å². The molecule has 0 radical (unpaired) electrons. The van der Waals surface area contributed by atoms with Crippen molar-refractivity contribution < 1.29 is 42.0 Å². The van der Waals surface area contributed by atoms with Gasteiger partial charge < -0.3 is 20.9 Å². The fourth-order valence-electron chi connectivity index (χ4n) is 7.43. The fraction of sp³-hybridized carbons (Fsp3) is 0.366. The zero-order chi connectivity index (χ0) is 43.3. The van der Waals surface area contributed by atoms with E-state index in [1.165, 1.54) is 29.8 Å². The molecule has 0 saturated carbocycles. The molecule has 2 aromatic carbocycles. The van der Waals surface area contributed by atoms with Crippen molar-refractivity contribution >= 4 is 73.5 Å². The zero-order valence-electron chi connectivity index (χ0n) is 33.3. The third kappa shape index (κ3) is 10.2. The first-order valence-corrected chi connectivity index (χ1v) is 22.6. The Balaban J connectivity index is 0.851. The van der Waals surface area contributed by atoms with Crippen molar-refractivity contribution in [2.45, 2.75) is 50.6 Å². The number of amides is 7. The van der Waals surface area contributed by atoms with Gasteiger partial charge in [0.05, 0.1) is 28.6 Å². The van der Waals surface area contributed by atoms with Gasteiger partial charge in [0.1, 0.15) is 12.1 Å². The van der Waals surface area contributed by atoms with E-state index in [9.17, 15) is 42.0 Å². The number of carbonyl (C=O) groups excluding carboxylic acids is 7. The highest BCUT2D eigenvalue weighted by atomic mass is 32.2. The average molecular weight is 872 g/mol. The van der Waals surface area contributed by atoms with E-state index in [1.54, 1.807) is 18.2 Å². The number of imide groups is 2. The van der Waals surface area contributed by atoms with Crippen molar-refractivity contribution in [2.24, 2.45) is 0 Å². The Morgan fingerprint density at radius 1 is 0.951 bits per heavy atom. The summed E-state index contributed by atoms with van der Waals surface area (Å²) in [6, 6.07) is 13.9. The van der Waals surface area contributed by atoms with E-state index < -0.39 is 57.6 Å². The number of piperidine rings is 1. The van der Waals surface area contributed by atoms with Crippen LogP contribution in [0.4, 0.5) is 10.8 Å². The first-order chi connectivity index (χ1) is 29.2. The van der Waals surface area contributed by atoms with Crippen LogP contribution in [0, 0.1) is 0 Å². The number of aromatic nitrogens is 2. The van der Waals surface area contributed by atoms with Crippen LogP contribution in [0.25, 0.3) is 11.3 Å². The van der Waals surface area contributed by atoms with E-state index in [4.69, 9.17) is 0 Å². The van der Waals surface area contributed by atoms with Crippen LogP contribution in [0.5, 0.6) is 0 Å². The summed E-state index contributed by atoms with van der Waals surface area (Å²) in [4.78, 5) is 99.5. The van der Waals surface area contributed by atoms with Gasteiger partial charge in [-0.2, -0.15) is 0 Å². The number of rotatable bonds is 16. The molecule has 2 atom stereocenters. The number of fused-ring (bicyclic) bond motifs is 1. The smallest absolute Gasteiger partial charge is 0.262 e. The van der Waals surface area contributed by atoms with E-state index in [0.29, 0.717) is 62.9 Å². The number of carbonyl (C=O) groups is 7. The lowest BCUT2D eigenvalue weighted by Crippen LogP contribution is -2.54. The zero-order valence-corrected chi connectivity index (χ0v) is 34.9. The van der Waals surface area contributed by atoms with Gasteiger partial charge in [-0.1, -0.05) is 30.3 Å². The summed E-state index contributed by atoms with van der Waals surface area (Å²) in [6.45, 7) is 3.50. The van der Waals surface area contributed by atoms with Crippen LogP contribution in [0.15, 0.2) is 72.4 Å². The second-order valence-electron chi connectivity index (χ2n) is 15.0. The minimum absolute atomic E-state index is 0.0493. The number of thiazole rings is 1. The quantitative estimate of drug-likeness (QED) is 0.0938. The number of benzene rings is 2. The first kappa shape index (κ1) is 42.9. The number of hydrogen-bond acceptors (Lipinski definition) is 13. The Morgan fingerprint density at radius 3 is 2.43 bits per heavy atom. The summed E-state index contributed by atoms with van der Waals surface area (Å²) in [7, 11) is -3.61. The molecular weight excluding hydrogens is 827 g/mol. The standard InChI is InChI=1S/C41H45N9O9S2/c1-61(58,59)49-18-14-27(24-49)36(53)43-31(37(54)46-41-44-32(25-60-41)26-7-3-2-4-8-26)9-5-6-16-42-34(51)15-17-47-19-21-48(22-20-47)28-10-11-29-30(23-28)40(57)50(39(29)56)33-12-13-35(52)45-38(33)55/h2-4,7-8,10-11,14,18,23-25,31,33H,5-6,9,12-13,15-17,19-22H2,1H3,(H,42,51)(H,43,53)(H,44,46,54)(H,45,52,55)/t31-,33?/m0/s1. The third-order valence-electron chi connectivity index (χ3n) is 10.8. The number of piperazine rings is 1. The molecule has 1 unspecified atom stereocenters. The molecule has 20 heteroatoms. The van der Waals surface area contributed by atoms with E-state index >= 15 is 0 Å². The Kier molecular flexibility index (Phi) is 13.0. The van der Waals surface area contributed by atoms with Crippen molar-refractivity contribution in [3.63, 3.8) is 0 Å². The minimum atomic E-state index is -3.61. The maximum atomic E-state index is 13.5. The first-order valence-electron chi connectivity index (χ1n) is 19.9. The largest absolute Gasteiger partial charge is 0.369 e. The molecule has 320 valence electrons. The van der Waals surface area contributed by atoms with Crippen LogP contribution >= 0.6 is 11.3 Å². The Morgan fingerprint density at radius 2 is 1.70 bits per heavy atom. The lowest BCUT2D eigenvalue weighted by Gasteiger charge is -2.36. The molecule has 3 aliphatic rings. The third-order valence-corrected chi connectivity index (χ3v) is 12.5. The molecule has 5 heterocycles. The molecule has 7 rings (SSSR count). The Hall–Kier alpha value is -6.25. The minimum Gasteiger partial charge on any atom is -0.369 e. The van der Waals surface area contributed by atoms with Gasteiger partial charge in [0.2, 0.25) is 33.7 Å². The topological polar surface area (TPSA) is 229 Å². The summed E-state index contributed by atoms with van der Waals surface area (Å²) in [5.41, 5.74) is 2.88. The molecular formula is C41H45N9O9S2. The van der Waals surface area contributed by atoms with Gasteiger partial charge in [0, 0.05) is 81.1 Å². The molecule has 2 saturated heterocycles. The second kappa shape index (κ2) is 18.6. The monoisotopic (exact) mass is 871 g/mol. The molecule has 0 bridgehead atoms. The molecule has 7 amide bonds. The second-order valence-corrected chi connectivity index (χ2v) is 17.8. The molecule has 2 aromatic heterocycles. The molecule has 0 aliphatic carbocycles. The van der Waals surface area contributed by atoms with Crippen molar-refractivity contribution in [1.29, 1.82) is 0 Å². The number of nitrogens with zero attached hydrogens (tertiary/aromatic N) is 5. The summed E-state index contributed by atoms with van der Waals surface area (Å²) in [6.07, 6.45) is 5.13. The van der Waals surface area contributed by atoms with Crippen molar-refractivity contribution in [3.8, 4) is 11.3 Å². The number of hydrogen-bond donors (Lipinski definition) is 4. The highest BCUT2D eigenvalue weighted by molar-refractivity contribution is 7.89. The Bertz CT molecular complexity index is 2460. The van der Waals surface area contributed by atoms with Gasteiger partial charge in [0.25, 0.3) is 17.7 Å². The van der Waals surface area contributed by atoms with Crippen LogP contribution in [-0.2, 0) is 29.2 Å². The lowest BCUT2D eigenvalue weighted by atomic mass is 10.0. The molecule has 61 heavy (non-hydrogen) atoms. The molecule has 3 aliphatic heterocycles. The molecule has 2 fully saturated rings. The van der Waals surface area contributed by atoms with Crippen LogP contribution in [0.1, 0.15) is 69.6 Å². The van der Waals surface area contributed by atoms with E-state index in [2.05, 4.69) is 36.1 Å². The van der Waals surface area contributed by atoms with Gasteiger partial charge in [-0.25, -0.2) is 13.4 Å². The number of nitrogens with one attached hydrogen (secondary N) is 4. The van der Waals surface area contributed by atoms with Gasteiger partial charge in [-0.05, 0) is 49.9 Å². The number of anilines is 2. The van der Waals surface area contributed by atoms with Crippen molar-refractivity contribution in [2.75, 3.05) is 55.7 Å². The number of unbranched alkanes of at least 4 members (excludes halogenated alkanes) is 1. The highest BCUT2D eigenvalue weighted by Gasteiger charge is 2.45. The van der Waals surface area contributed by atoms with Crippen LogP contribution in [0.2, 0.25) is 0 Å². The molecule has 18 nitrogen and oxygen atoms in total. The maximum absolute atomic E-state index is 13.5. The van der Waals surface area contributed by atoms with Crippen LogP contribution < -0.4 is 26.2 Å². The van der Waals surface area contributed by atoms with Crippen molar-refractivity contribution in [3.05, 3.63) is 89.1 Å². The summed E-state index contributed by atoms with van der Waals surface area (Å²) in [5, 5.41) is 12.8. The average Bonchev–Trinajstić information content (AvgIpc) is 3.99. The van der Waals surface area contributed by atoms with E-state index in [-0.39, 0.29) is 48.3 Å². The summed E-state index contributed by atoms with van der Waals surface area (Å²) >= 11 is 1.25. The molecule has 4 aromatic rings. The predicted molar refractivity (Wildman–Crippen MR) is 225 cm³/mol. The van der Waals surface area contributed by atoms with Gasteiger partial charge in [-0.3, -0.25) is 52.7 Å². The van der Waals surface area contributed by atoms with Crippen molar-refractivity contribution in [1.82, 2.24) is 34.7 Å².